The lowest BCUT2D eigenvalue weighted by Gasteiger charge is -2.45. The van der Waals surface area contributed by atoms with E-state index in [1.54, 1.807) is 12.1 Å². The number of rotatable bonds is 7. The summed E-state index contributed by atoms with van der Waals surface area (Å²) < 4.78 is 2.50. The van der Waals surface area contributed by atoms with Crippen molar-refractivity contribution in [1.82, 2.24) is 19.4 Å². The fourth-order valence-electron chi connectivity index (χ4n) is 8.49. The minimum Gasteiger partial charge on any atom is -0.478 e. The average molecular weight is 591 g/mol. The standard InChI is InChI=1S/C37H42N4O3/c1-25-10-12-29(13-11-25)37(16-19-39(20-17-37)35(42)27-6-5-7-28(22-27)36(43)44)18-21-40-30-14-15-31(40)24-32(23-30)41-26(2)38-33-8-3-4-9-34(33)41/h3-13,22,30-32H,14-21,23-24H2,1-2H3,(H,43,44)/t30-,31?,32?/m1/s1. The molecular weight excluding hydrogens is 548 g/mol. The van der Waals surface area contributed by atoms with Gasteiger partial charge in [-0.25, -0.2) is 9.78 Å². The molecule has 3 aliphatic rings. The first-order valence-electron chi connectivity index (χ1n) is 16.2. The number of carboxylic acids is 1. The second kappa shape index (κ2) is 11.5. The highest BCUT2D eigenvalue weighted by molar-refractivity contribution is 5.97. The van der Waals surface area contributed by atoms with E-state index in [-0.39, 0.29) is 16.9 Å². The molecule has 4 aromatic rings. The summed E-state index contributed by atoms with van der Waals surface area (Å²) in [6.07, 6.45) is 7.78. The summed E-state index contributed by atoms with van der Waals surface area (Å²) in [6.45, 7) is 6.71. The smallest absolute Gasteiger partial charge is 0.335 e. The number of carbonyl (C=O) groups is 2. The van der Waals surface area contributed by atoms with Gasteiger partial charge < -0.3 is 14.6 Å². The summed E-state index contributed by atoms with van der Waals surface area (Å²) >= 11 is 0. The van der Waals surface area contributed by atoms with Gasteiger partial charge in [-0.3, -0.25) is 9.69 Å². The quantitative estimate of drug-likeness (QED) is 0.257. The predicted octanol–water partition coefficient (Wildman–Crippen LogP) is 6.78. The maximum absolute atomic E-state index is 13.4. The fraction of sp³-hybridized carbons (Fsp3) is 0.432. The van der Waals surface area contributed by atoms with Crippen molar-refractivity contribution in [3.63, 3.8) is 0 Å². The monoisotopic (exact) mass is 590 g/mol. The lowest BCUT2D eigenvalue weighted by atomic mass is 9.70. The second-order valence-electron chi connectivity index (χ2n) is 13.3. The van der Waals surface area contributed by atoms with Gasteiger partial charge in [-0.1, -0.05) is 48.0 Å². The molecular formula is C37H42N4O3. The Morgan fingerprint density at radius 2 is 1.55 bits per heavy atom. The van der Waals surface area contributed by atoms with E-state index in [4.69, 9.17) is 4.98 Å². The van der Waals surface area contributed by atoms with E-state index in [0.29, 0.717) is 36.8 Å². The molecule has 3 saturated heterocycles. The molecule has 1 N–H and O–H groups in total. The molecule has 2 unspecified atom stereocenters. The van der Waals surface area contributed by atoms with E-state index in [1.807, 2.05) is 4.90 Å². The van der Waals surface area contributed by atoms with Gasteiger partial charge in [-0.15, -0.1) is 0 Å². The number of aryl methyl sites for hydroxylation is 2. The maximum Gasteiger partial charge on any atom is 0.335 e. The first kappa shape index (κ1) is 28.8. The number of piperidine rings is 2. The Kier molecular flexibility index (Phi) is 7.53. The van der Waals surface area contributed by atoms with Crippen LogP contribution >= 0.6 is 0 Å². The van der Waals surface area contributed by atoms with Gasteiger partial charge in [0.25, 0.3) is 5.91 Å². The van der Waals surface area contributed by atoms with Crippen LogP contribution in [0.1, 0.15) is 88.7 Å². The van der Waals surface area contributed by atoms with Crippen LogP contribution in [0.2, 0.25) is 0 Å². The van der Waals surface area contributed by atoms with Crippen LogP contribution in [0.4, 0.5) is 0 Å². The van der Waals surface area contributed by atoms with Crippen molar-refractivity contribution < 1.29 is 14.7 Å². The number of nitrogens with zero attached hydrogens (tertiary/aromatic N) is 4. The minimum atomic E-state index is -1.01. The molecule has 3 aromatic carbocycles. The molecule has 1 amide bonds. The summed E-state index contributed by atoms with van der Waals surface area (Å²) in [4.78, 5) is 34.5. The number of imidazole rings is 1. The summed E-state index contributed by atoms with van der Waals surface area (Å²) in [5.74, 6) is 0.0367. The van der Waals surface area contributed by atoms with E-state index >= 15 is 0 Å². The van der Waals surface area contributed by atoms with E-state index in [1.165, 1.54) is 54.5 Å². The number of hydrogen-bond donors (Lipinski definition) is 1. The molecule has 7 rings (SSSR count). The average Bonchev–Trinajstić information content (AvgIpc) is 3.50. The molecule has 0 saturated carbocycles. The normalized spacial score (nSPS) is 23.2. The van der Waals surface area contributed by atoms with Crippen LogP contribution in [0.25, 0.3) is 11.0 Å². The van der Waals surface area contributed by atoms with Crippen molar-refractivity contribution in [3.05, 3.63) is 101 Å². The molecule has 0 radical (unpaired) electrons. The van der Waals surface area contributed by atoms with Gasteiger partial charge in [0.15, 0.2) is 0 Å². The van der Waals surface area contributed by atoms with E-state index in [9.17, 15) is 14.7 Å². The van der Waals surface area contributed by atoms with Gasteiger partial charge in [0.05, 0.1) is 16.6 Å². The number of para-hydroxylation sites is 2. The fourth-order valence-corrected chi connectivity index (χ4v) is 8.49. The SMILES string of the molecule is Cc1ccc(C2(CCN3C4CC[C@@H]3CC(n3c(C)nc5ccccc53)C4)CCN(C(=O)c3cccc(C(=O)O)c3)CC2)cc1. The molecule has 2 bridgehead atoms. The Balaban J connectivity index is 1.07. The Morgan fingerprint density at radius 1 is 0.864 bits per heavy atom. The number of fused-ring (bicyclic) bond motifs is 3. The van der Waals surface area contributed by atoms with Crippen molar-refractivity contribution in [1.29, 1.82) is 0 Å². The molecule has 7 nitrogen and oxygen atoms in total. The molecule has 3 atom stereocenters. The third-order valence-electron chi connectivity index (χ3n) is 10.9. The predicted molar refractivity (Wildman–Crippen MR) is 172 cm³/mol. The highest BCUT2D eigenvalue weighted by Gasteiger charge is 2.44. The molecule has 4 heterocycles. The molecule has 0 spiro atoms. The number of benzene rings is 3. The molecule has 3 fully saturated rings. The highest BCUT2D eigenvalue weighted by Crippen LogP contribution is 2.45. The zero-order valence-electron chi connectivity index (χ0n) is 25.8. The summed E-state index contributed by atoms with van der Waals surface area (Å²) in [5, 5.41) is 9.41. The van der Waals surface area contributed by atoms with Crippen molar-refractivity contribution >= 4 is 22.9 Å². The van der Waals surface area contributed by atoms with Crippen molar-refractivity contribution in [3.8, 4) is 0 Å². The number of aromatic carboxylic acids is 1. The number of likely N-dealkylation sites (tertiary alicyclic amines) is 1. The van der Waals surface area contributed by atoms with Crippen LogP contribution in [0.3, 0.4) is 0 Å². The first-order valence-corrected chi connectivity index (χ1v) is 16.2. The third-order valence-corrected chi connectivity index (χ3v) is 10.9. The van der Waals surface area contributed by atoms with Gasteiger partial charge >= 0.3 is 5.97 Å². The van der Waals surface area contributed by atoms with Crippen LogP contribution in [-0.4, -0.2) is 68.1 Å². The number of amides is 1. The molecule has 3 aliphatic heterocycles. The zero-order valence-corrected chi connectivity index (χ0v) is 25.8. The Morgan fingerprint density at radius 3 is 2.25 bits per heavy atom. The zero-order chi connectivity index (χ0) is 30.4. The van der Waals surface area contributed by atoms with Crippen LogP contribution in [0, 0.1) is 13.8 Å². The summed E-state index contributed by atoms with van der Waals surface area (Å²) in [5.41, 5.74) is 5.62. The molecule has 7 heteroatoms. The van der Waals surface area contributed by atoms with Crippen LogP contribution in [-0.2, 0) is 5.41 Å². The largest absolute Gasteiger partial charge is 0.478 e. The molecule has 0 aliphatic carbocycles. The summed E-state index contributed by atoms with van der Waals surface area (Å²) in [6, 6.07) is 25.7. The van der Waals surface area contributed by atoms with Crippen molar-refractivity contribution in [2.75, 3.05) is 19.6 Å². The number of hydrogen-bond acceptors (Lipinski definition) is 4. The highest BCUT2D eigenvalue weighted by atomic mass is 16.4. The lowest BCUT2D eigenvalue weighted by Crippen LogP contribution is -2.49. The van der Waals surface area contributed by atoms with E-state index in [0.717, 1.165) is 37.1 Å². The van der Waals surface area contributed by atoms with Crippen LogP contribution in [0.5, 0.6) is 0 Å². The summed E-state index contributed by atoms with van der Waals surface area (Å²) in [7, 11) is 0. The molecule has 1 aromatic heterocycles. The lowest BCUT2D eigenvalue weighted by molar-refractivity contribution is 0.0607. The maximum atomic E-state index is 13.4. The Labute approximate surface area is 259 Å². The molecule has 228 valence electrons. The van der Waals surface area contributed by atoms with Crippen LogP contribution in [0.15, 0.2) is 72.8 Å². The van der Waals surface area contributed by atoms with Crippen molar-refractivity contribution in [2.45, 2.75) is 82.3 Å². The Bertz CT molecular complexity index is 1670. The molecule has 44 heavy (non-hydrogen) atoms. The van der Waals surface area contributed by atoms with Gasteiger partial charge in [-0.05, 0) is 107 Å². The Hall–Kier alpha value is -3.97. The number of aromatic nitrogens is 2. The third kappa shape index (κ3) is 5.21. The van der Waals surface area contributed by atoms with Gasteiger partial charge in [0, 0.05) is 36.8 Å². The number of carbonyl (C=O) groups excluding carboxylic acids is 1. The van der Waals surface area contributed by atoms with E-state index in [2.05, 4.69) is 71.8 Å². The van der Waals surface area contributed by atoms with Crippen molar-refractivity contribution in [2.24, 2.45) is 0 Å². The number of carboxylic acid groups (broad SMARTS) is 1. The van der Waals surface area contributed by atoms with Crippen LogP contribution < -0.4 is 0 Å². The van der Waals surface area contributed by atoms with E-state index < -0.39 is 5.97 Å². The topological polar surface area (TPSA) is 78.7 Å². The minimum absolute atomic E-state index is 0.0147. The van der Waals surface area contributed by atoms with Gasteiger partial charge in [-0.2, -0.15) is 0 Å². The second-order valence-corrected chi connectivity index (χ2v) is 13.3. The first-order chi connectivity index (χ1) is 21.3. The van der Waals surface area contributed by atoms with Gasteiger partial charge in [0.1, 0.15) is 5.82 Å². The van der Waals surface area contributed by atoms with Gasteiger partial charge in [0.2, 0.25) is 0 Å².